The Morgan fingerprint density at radius 1 is 1.07 bits per heavy atom. The van der Waals surface area contributed by atoms with Crippen LogP contribution in [0.4, 0.5) is 0 Å². The van der Waals surface area contributed by atoms with E-state index in [0.717, 1.165) is 17.8 Å². The van der Waals surface area contributed by atoms with E-state index in [9.17, 15) is 0 Å². The lowest BCUT2D eigenvalue weighted by Crippen LogP contribution is -2.65. The third kappa shape index (κ3) is 1.01. The van der Waals surface area contributed by atoms with Crippen molar-refractivity contribution in [3.63, 3.8) is 0 Å². The summed E-state index contributed by atoms with van der Waals surface area (Å²) in [7, 11) is 0. The minimum Gasteiger partial charge on any atom is -0.0654 e. The van der Waals surface area contributed by atoms with E-state index in [1.54, 1.807) is 25.7 Å². The predicted octanol–water partition coefficient (Wildman–Crippen LogP) is 4.10. The highest BCUT2D eigenvalue weighted by Gasteiger charge is 2.64. The average Bonchev–Trinajstić information content (AvgIpc) is 2.17. The number of rotatable bonds is 3. The van der Waals surface area contributed by atoms with Crippen molar-refractivity contribution in [2.45, 2.75) is 52.4 Å². The van der Waals surface area contributed by atoms with Crippen LogP contribution in [0.3, 0.4) is 0 Å². The number of hydrogen-bond acceptors (Lipinski definition) is 0. The van der Waals surface area contributed by atoms with Crippen LogP contribution >= 0.6 is 0 Å². The molecule has 0 aromatic rings. The Kier molecular flexibility index (Phi) is 2.15. The summed E-state index contributed by atoms with van der Waals surface area (Å²) in [5.74, 6) is 6.99. The molecule has 0 aromatic carbocycles. The molecule has 0 amide bonds. The van der Waals surface area contributed by atoms with Crippen LogP contribution in [0.5, 0.6) is 0 Å². The molecular formula is C14H24. The normalized spacial score (nSPS) is 54.4. The maximum atomic E-state index is 2.53. The molecule has 6 atom stereocenters. The summed E-state index contributed by atoms with van der Waals surface area (Å²) in [5, 5.41) is 0. The predicted molar refractivity (Wildman–Crippen MR) is 60.0 cm³/mol. The number of unbranched alkanes of at least 4 members (excludes halogenated alkanes) is 1. The Bertz CT molecular complexity index is 214. The van der Waals surface area contributed by atoms with Crippen molar-refractivity contribution in [3.8, 4) is 0 Å². The van der Waals surface area contributed by atoms with Crippen LogP contribution < -0.4 is 0 Å². The molecule has 3 saturated carbocycles. The minimum atomic E-state index is 1.10. The molecule has 3 fully saturated rings. The van der Waals surface area contributed by atoms with Crippen LogP contribution in [-0.2, 0) is 0 Å². The molecule has 3 aliphatic rings. The first-order chi connectivity index (χ1) is 6.84. The molecule has 0 nitrogen and oxygen atoms in total. The molecule has 0 heteroatoms. The van der Waals surface area contributed by atoms with E-state index < -0.39 is 0 Å². The Labute approximate surface area is 88.5 Å². The van der Waals surface area contributed by atoms with Crippen molar-refractivity contribution >= 4 is 0 Å². The molecule has 0 spiro atoms. The van der Waals surface area contributed by atoms with Gasteiger partial charge in [0.2, 0.25) is 0 Å². The first-order valence-electron chi connectivity index (χ1n) is 6.84. The second-order valence-corrected chi connectivity index (χ2v) is 6.08. The molecule has 3 aliphatic carbocycles. The van der Waals surface area contributed by atoms with Crippen molar-refractivity contribution in [1.29, 1.82) is 0 Å². The molecule has 0 N–H and O–H groups in total. The first-order valence-corrected chi connectivity index (χ1v) is 6.84. The number of hydrogen-bond donors (Lipinski definition) is 0. The van der Waals surface area contributed by atoms with Crippen LogP contribution in [0.25, 0.3) is 0 Å². The van der Waals surface area contributed by atoms with Gasteiger partial charge in [0.05, 0.1) is 0 Å². The summed E-state index contributed by atoms with van der Waals surface area (Å²) >= 11 is 0. The van der Waals surface area contributed by atoms with Crippen LogP contribution in [0.1, 0.15) is 52.4 Å². The van der Waals surface area contributed by atoms with Gasteiger partial charge in [-0.25, -0.2) is 0 Å². The van der Waals surface area contributed by atoms with E-state index >= 15 is 0 Å². The van der Waals surface area contributed by atoms with Crippen molar-refractivity contribution in [3.05, 3.63) is 0 Å². The Morgan fingerprint density at radius 3 is 2.64 bits per heavy atom. The Morgan fingerprint density at radius 2 is 1.86 bits per heavy atom. The summed E-state index contributed by atoms with van der Waals surface area (Å²) in [6.45, 7) is 4.87. The fraction of sp³-hybridized carbons (Fsp3) is 1.00. The topological polar surface area (TPSA) is 0 Å². The lowest BCUT2D eigenvalue weighted by molar-refractivity contribution is -0.224. The van der Waals surface area contributed by atoms with E-state index in [1.807, 2.05) is 0 Å². The van der Waals surface area contributed by atoms with Gasteiger partial charge in [0.1, 0.15) is 0 Å². The molecule has 3 rings (SSSR count). The maximum Gasteiger partial charge on any atom is -0.0318 e. The largest absolute Gasteiger partial charge is 0.0654 e. The third-order valence-electron chi connectivity index (χ3n) is 5.73. The second kappa shape index (κ2) is 3.25. The molecule has 6 unspecified atom stereocenters. The minimum absolute atomic E-state index is 1.10. The van der Waals surface area contributed by atoms with Crippen LogP contribution in [0.2, 0.25) is 0 Å². The molecule has 0 saturated heterocycles. The van der Waals surface area contributed by atoms with E-state index in [-0.39, 0.29) is 0 Å². The fourth-order valence-electron chi connectivity index (χ4n) is 5.13. The van der Waals surface area contributed by atoms with Gasteiger partial charge < -0.3 is 0 Å². The summed E-state index contributed by atoms with van der Waals surface area (Å²) in [6, 6.07) is 0. The Hall–Kier alpha value is 0. The molecular weight excluding hydrogens is 168 g/mol. The molecule has 0 aliphatic heterocycles. The molecule has 0 heterocycles. The van der Waals surface area contributed by atoms with Crippen molar-refractivity contribution < 1.29 is 0 Å². The summed E-state index contributed by atoms with van der Waals surface area (Å²) < 4.78 is 0. The molecule has 0 radical (unpaired) electrons. The highest BCUT2D eigenvalue weighted by atomic mass is 14.7. The van der Waals surface area contributed by atoms with Crippen LogP contribution in [0.15, 0.2) is 0 Å². The maximum absolute atomic E-state index is 2.53. The lowest BCUT2D eigenvalue weighted by atomic mass is 9.34. The monoisotopic (exact) mass is 192 g/mol. The van der Waals surface area contributed by atoms with Gasteiger partial charge in [-0.2, -0.15) is 0 Å². The summed E-state index contributed by atoms with van der Waals surface area (Å²) in [4.78, 5) is 0. The highest BCUT2D eigenvalue weighted by Crippen LogP contribution is 2.70. The van der Waals surface area contributed by atoms with E-state index in [2.05, 4.69) is 13.8 Å². The average molecular weight is 192 g/mol. The van der Waals surface area contributed by atoms with Gasteiger partial charge in [-0.1, -0.05) is 33.1 Å². The standard InChI is InChI=1S/C14H24/c1-3-4-6-11-12-8-5-7-10-9(2)13(11)14(10)12/h9-14H,3-8H2,1-2H3. The SMILES string of the molecule is CCCCC1C2CCCC3C(C)C1C32. The molecule has 80 valence electrons. The van der Waals surface area contributed by atoms with Gasteiger partial charge in [-0.05, 0) is 54.8 Å². The van der Waals surface area contributed by atoms with Gasteiger partial charge in [0.25, 0.3) is 0 Å². The highest BCUT2D eigenvalue weighted by molar-refractivity contribution is 5.12. The Balaban J connectivity index is 1.65. The van der Waals surface area contributed by atoms with Gasteiger partial charge in [-0.15, -0.1) is 0 Å². The van der Waals surface area contributed by atoms with E-state index in [0.29, 0.717) is 0 Å². The summed E-state index contributed by atoms with van der Waals surface area (Å²) in [5.41, 5.74) is 0. The zero-order valence-electron chi connectivity index (χ0n) is 9.71. The van der Waals surface area contributed by atoms with Crippen molar-refractivity contribution in [2.24, 2.45) is 35.5 Å². The van der Waals surface area contributed by atoms with Crippen LogP contribution in [0, 0.1) is 35.5 Å². The van der Waals surface area contributed by atoms with Crippen molar-refractivity contribution in [2.75, 3.05) is 0 Å². The van der Waals surface area contributed by atoms with Gasteiger partial charge in [-0.3, -0.25) is 0 Å². The summed E-state index contributed by atoms with van der Waals surface area (Å²) in [6.07, 6.45) is 9.14. The molecule has 0 bridgehead atoms. The lowest BCUT2D eigenvalue weighted by Gasteiger charge is -2.70. The van der Waals surface area contributed by atoms with Crippen LogP contribution in [-0.4, -0.2) is 0 Å². The molecule has 0 aromatic heterocycles. The zero-order chi connectivity index (χ0) is 9.71. The third-order valence-corrected chi connectivity index (χ3v) is 5.73. The van der Waals surface area contributed by atoms with E-state index in [4.69, 9.17) is 0 Å². The smallest absolute Gasteiger partial charge is 0.0318 e. The molecule has 14 heavy (non-hydrogen) atoms. The fourth-order valence-corrected chi connectivity index (χ4v) is 5.13. The van der Waals surface area contributed by atoms with Gasteiger partial charge >= 0.3 is 0 Å². The second-order valence-electron chi connectivity index (χ2n) is 6.08. The quantitative estimate of drug-likeness (QED) is 0.631. The van der Waals surface area contributed by atoms with E-state index in [1.165, 1.54) is 30.6 Å². The van der Waals surface area contributed by atoms with Gasteiger partial charge in [0.15, 0.2) is 0 Å². The first kappa shape index (κ1) is 9.24. The zero-order valence-corrected chi connectivity index (χ0v) is 9.71. The van der Waals surface area contributed by atoms with Crippen molar-refractivity contribution in [1.82, 2.24) is 0 Å². The van der Waals surface area contributed by atoms with Gasteiger partial charge in [0, 0.05) is 0 Å².